The van der Waals surface area contributed by atoms with Crippen LogP contribution in [0.2, 0.25) is 0 Å². The third-order valence-corrected chi connectivity index (χ3v) is 5.59. The van der Waals surface area contributed by atoms with Gasteiger partial charge in [-0.25, -0.2) is 4.79 Å². The number of benzene rings is 1. The molecule has 0 bridgehead atoms. The van der Waals surface area contributed by atoms with Gasteiger partial charge in [-0.2, -0.15) is 0 Å². The van der Waals surface area contributed by atoms with Crippen LogP contribution in [0.3, 0.4) is 0 Å². The van der Waals surface area contributed by atoms with Gasteiger partial charge in [0.05, 0.1) is 0 Å². The number of carbonyl (C=O) groups is 1. The summed E-state index contributed by atoms with van der Waals surface area (Å²) in [4.78, 5) is 8.56. The van der Waals surface area contributed by atoms with Crippen molar-refractivity contribution in [2.75, 3.05) is 0 Å². The van der Waals surface area contributed by atoms with Crippen molar-refractivity contribution in [2.24, 2.45) is 5.92 Å². The Hall–Kier alpha value is -1.77. The fraction of sp³-hybridized carbons (Fsp3) is 0.550. The second kappa shape index (κ2) is 7.67. The van der Waals surface area contributed by atoms with Crippen molar-refractivity contribution < 1.29 is 15.0 Å². The molecule has 1 aromatic carbocycles. The van der Waals surface area contributed by atoms with Gasteiger partial charge in [-0.1, -0.05) is 69.0 Å². The van der Waals surface area contributed by atoms with E-state index in [0.29, 0.717) is 5.41 Å². The van der Waals surface area contributed by atoms with Crippen molar-refractivity contribution in [1.82, 2.24) is 0 Å². The lowest BCUT2D eigenvalue weighted by molar-refractivity contribution is 0.137. The summed E-state index contributed by atoms with van der Waals surface area (Å²) < 4.78 is 0. The van der Waals surface area contributed by atoms with Gasteiger partial charge in [-0.15, -0.1) is 0 Å². The second-order valence-electron chi connectivity index (χ2n) is 6.59. The number of allylic oxidation sites excluding steroid dienone is 1. The molecule has 0 heterocycles. The monoisotopic (exact) mass is 316 g/mol. The van der Waals surface area contributed by atoms with Crippen LogP contribution in [-0.4, -0.2) is 16.4 Å². The van der Waals surface area contributed by atoms with Gasteiger partial charge in [0.2, 0.25) is 0 Å². The molecular weight excluding hydrogens is 288 g/mol. The fourth-order valence-electron chi connectivity index (χ4n) is 4.48. The summed E-state index contributed by atoms with van der Waals surface area (Å²) in [5.74, 6) is 0.848. The molecule has 2 aliphatic rings. The lowest BCUT2D eigenvalue weighted by atomic mass is 9.66. The van der Waals surface area contributed by atoms with Gasteiger partial charge in [-0.3, -0.25) is 0 Å². The van der Waals surface area contributed by atoms with Gasteiger partial charge < -0.3 is 10.2 Å². The van der Waals surface area contributed by atoms with E-state index in [2.05, 4.69) is 44.2 Å². The summed E-state index contributed by atoms with van der Waals surface area (Å²) >= 11 is 0. The molecule has 1 aromatic rings. The summed E-state index contributed by atoms with van der Waals surface area (Å²) in [5, 5.41) is 13.9. The predicted octanol–water partition coefficient (Wildman–Crippen LogP) is 5.94. The molecule has 2 N–H and O–H groups in total. The standard InChI is InChI=1S/C19H26.CH2O3/c1-3-19(4-2)17-13-9-8-12-16(17)14-18(19)15-10-6-5-7-11-15;2-1(3)4/h8-9,12-15H,3-7,10-11H2,1-2H3;(H2,2,3,4). The molecule has 1 fully saturated rings. The number of rotatable bonds is 3. The van der Waals surface area contributed by atoms with E-state index in [1.54, 1.807) is 11.1 Å². The Morgan fingerprint density at radius 3 is 2.22 bits per heavy atom. The summed E-state index contributed by atoms with van der Waals surface area (Å²) in [7, 11) is 0. The maximum Gasteiger partial charge on any atom is 0.503 e. The van der Waals surface area contributed by atoms with Crippen LogP contribution in [0.4, 0.5) is 4.79 Å². The average molecular weight is 316 g/mol. The van der Waals surface area contributed by atoms with Crippen molar-refractivity contribution in [3.8, 4) is 0 Å². The fourth-order valence-corrected chi connectivity index (χ4v) is 4.48. The van der Waals surface area contributed by atoms with Crippen molar-refractivity contribution in [3.63, 3.8) is 0 Å². The van der Waals surface area contributed by atoms with E-state index >= 15 is 0 Å². The van der Waals surface area contributed by atoms with Crippen LogP contribution >= 0.6 is 0 Å². The van der Waals surface area contributed by atoms with Gasteiger partial charge >= 0.3 is 6.16 Å². The Kier molecular flexibility index (Phi) is 5.86. The highest BCUT2D eigenvalue weighted by Gasteiger charge is 2.41. The van der Waals surface area contributed by atoms with E-state index in [4.69, 9.17) is 15.0 Å². The Bertz CT molecular complexity index is 560. The second-order valence-corrected chi connectivity index (χ2v) is 6.59. The van der Waals surface area contributed by atoms with E-state index < -0.39 is 6.16 Å². The molecule has 0 spiro atoms. The number of carboxylic acid groups (broad SMARTS) is 2. The Balaban J connectivity index is 0.000000433. The lowest BCUT2D eigenvalue weighted by Crippen LogP contribution is -2.29. The highest BCUT2D eigenvalue weighted by molar-refractivity contribution is 5.70. The molecule has 0 atom stereocenters. The minimum Gasteiger partial charge on any atom is -0.450 e. The Labute approximate surface area is 139 Å². The van der Waals surface area contributed by atoms with Gasteiger partial charge in [0, 0.05) is 5.41 Å². The summed E-state index contributed by atoms with van der Waals surface area (Å²) in [6.45, 7) is 4.75. The van der Waals surface area contributed by atoms with E-state index in [1.807, 2.05) is 0 Å². The van der Waals surface area contributed by atoms with Crippen molar-refractivity contribution >= 4 is 12.2 Å². The van der Waals surface area contributed by atoms with E-state index in [1.165, 1.54) is 50.5 Å². The number of hydrogen-bond donors (Lipinski definition) is 2. The third kappa shape index (κ3) is 3.60. The SMILES string of the molecule is CCC1(CC)C(C2CCCCC2)=Cc2ccccc21.O=C(O)O. The van der Waals surface area contributed by atoms with Crippen LogP contribution in [0.25, 0.3) is 6.08 Å². The normalized spacial score (nSPS) is 19.3. The van der Waals surface area contributed by atoms with E-state index in [9.17, 15) is 0 Å². The van der Waals surface area contributed by atoms with Gasteiger partial charge in [0.25, 0.3) is 0 Å². The molecule has 0 radical (unpaired) electrons. The molecule has 1 saturated carbocycles. The van der Waals surface area contributed by atoms with Gasteiger partial charge in [-0.05, 0) is 42.7 Å². The number of fused-ring (bicyclic) bond motifs is 1. The molecule has 3 rings (SSSR count). The van der Waals surface area contributed by atoms with Crippen molar-refractivity contribution in [2.45, 2.75) is 64.2 Å². The molecule has 0 amide bonds. The Morgan fingerprint density at radius 1 is 1.09 bits per heavy atom. The van der Waals surface area contributed by atoms with Crippen molar-refractivity contribution in [3.05, 3.63) is 41.0 Å². The minimum atomic E-state index is -1.83. The zero-order chi connectivity index (χ0) is 16.9. The highest BCUT2D eigenvalue weighted by atomic mass is 16.6. The maximum atomic E-state index is 8.56. The van der Waals surface area contributed by atoms with Crippen LogP contribution in [0.15, 0.2) is 29.8 Å². The Morgan fingerprint density at radius 2 is 1.65 bits per heavy atom. The van der Waals surface area contributed by atoms with Crippen molar-refractivity contribution in [1.29, 1.82) is 0 Å². The maximum absolute atomic E-state index is 8.56. The summed E-state index contributed by atoms with van der Waals surface area (Å²) in [5.41, 5.74) is 5.20. The van der Waals surface area contributed by atoms with Crippen LogP contribution in [0, 0.1) is 5.92 Å². The average Bonchev–Trinajstić information content (AvgIpc) is 2.90. The molecule has 126 valence electrons. The molecule has 3 heteroatoms. The largest absolute Gasteiger partial charge is 0.503 e. The zero-order valence-electron chi connectivity index (χ0n) is 14.2. The quantitative estimate of drug-likeness (QED) is 0.725. The molecule has 0 saturated heterocycles. The zero-order valence-corrected chi connectivity index (χ0v) is 14.2. The first-order valence-electron chi connectivity index (χ1n) is 8.78. The first-order chi connectivity index (χ1) is 11.0. The summed E-state index contributed by atoms with van der Waals surface area (Å²) in [6.07, 6.45) is 10.4. The third-order valence-electron chi connectivity index (χ3n) is 5.59. The van der Waals surface area contributed by atoms with Crippen LogP contribution in [0.1, 0.15) is 69.9 Å². The topological polar surface area (TPSA) is 57.5 Å². The first-order valence-corrected chi connectivity index (χ1v) is 8.78. The molecular formula is C20H28O3. The smallest absolute Gasteiger partial charge is 0.450 e. The molecule has 0 aromatic heterocycles. The molecule has 0 unspecified atom stereocenters. The predicted molar refractivity (Wildman–Crippen MR) is 93.9 cm³/mol. The van der Waals surface area contributed by atoms with E-state index in [0.717, 1.165) is 5.92 Å². The van der Waals surface area contributed by atoms with Gasteiger partial charge in [0.1, 0.15) is 0 Å². The minimum absolute atomic E-state index is 0.346. The molecule has 3 nitrogen and oxygen atoms in total. The lowest BCUT2D eigenvalue weighted by Gasteiger charge is -2.37. The first kappa shape index (κ1) is 17.6. The molecule has 2 aliphatic carbocycles. The molecule has 23 heavy (non-hydrogen) atoms. The highest BCUT2D eigenvalue weighted by Crippen LogP contribution is 2.51. The van der Waals surface area contributed by atoms with Gasteiger partial charge in [0.15, 0.2) is 0 Å². The molecule has 0 aliphatic heterocycles. The van der Waals surface area contributed by atoms with Crippen LogP contribution in [0.5, 0.6) is 0 Å². The van der Waals surface area contributed by atoms with E-state index in [-0.39, 0.29) is 0 Å². The number of hydrogen-bond acceptors (Lipinski definition) is 1. The van der Waals surface area contributed by atoms with Crippen LogP contribution in [-0.2, 0) is 5.41 Å². The van der Waals surface area contributed by atoms with Crippen LogP contribution < -0.4 is 0 Å². The summed E-state index contributed by atoms with van der Waals surface area (Å²) in [6, 6.07) is 9.09.